The van der Waals surface area contributed by atoms with Crippen LogP contribution in [0.3, 0.4) is 0 Å². The van der Waals surface area contributed by atoms with Gasteiger partial charge in [-0.3, -0.25) is 15.1 Å². The molecule has 33 heavy (non-hydrogen) atoms. The van der Waals surface area contributed by atoms with Gasteiger partial charge in [-0.2, -0.15) is 4.48 Å². The summed E-state index contributed by atoms with van der Waals surface area (Å²) in [7, 11) is 1.57. The number of benzene rings is 1. The summed E-state index contributed by atoms with van der Waals surface area (Å²) in [6.07, 6.45) is 3.25. The molecule has 0 aliphatic carbocycles. The number of carboxylic acid groups (broad SMARTS) is 1. The minimum atomic E-state index is -0.943. The van der Waals surface area contributed by atoms with Crippen LogP contribution in [0.4, 0.5) is 10.5 Å². The molecule has 0 radical (unpaired) electrons. The van der Waals surface area contributed by atoms with Gasteiger partial charge >= 0.3 is 17.9 Å². The lowest BCUT2D eigenvalue weighted by Gasteiger charge is -2.34. The lowest BCUT2D eigenvalue weighted by Crippen LogP contribution is -2.59. The molecule has 7 nitrogen and oxygen atoms in total. The molecule has 2 aromatic rings. The fraction of sp³-hybridized carbons (Fsp3) is 0.462. The van der Waals surface area contributed by atoms with E-state index in [-0.39, 0.29) is 31.2 Å². The number of fused-ring (bicyclic) bond motifs is 1. The average Bonchev–Trinajstić information content (AvgIpc) is 2.75. The molecule has 1 atom stereocenters. The van der Waals surface area contributed by atoms with E-state index in [1.807, 2.05) is 18.2 Å². The normalized spacial score (nSPS) is 17.9. The number of carbonyl (C=O) groups is 3. The van der Waals surface area contributed by atoms with Crippen LogP contribution in [0.15, 0.2) is 30.5 Å². The molecule has 3 rings (SSSR count). The van der Waals surface area contributed by atoms with Gasteiger partial charge in [0.25, 0.3) is 0 Å². The molecule has 0 fully saturated rings. The minimum Gasteiger partial charge on any atom is -0.481 e. The molecule has 0 bridgehead atoms. The van der Waals surface area contributed by atoms with Crippen LogP contribution >= 0.6 is 0 Å². The number of aliphatic carboxylic acids is 1. The van der Waals surface area contributed by atoms with Crippen molar-refractivity contribution in [3.05, 3.63) is 47.2 Å². The van der Waals surface area contributed by atoms with E-state index in [0.29, 0.717) is 23.6 Å². The predicted molar refractivity (Wildman–Crippen MR) is 128 cm³/mol. The predicted octanol–water partition coefficient (Wildman–Crippen LogP) is 5.46. The van der Waals surface area contributed by atoms with Crippen LogP contribution in [0.5, 0.6) is 0 Å². The van der Waals surface area contributed by atoms with E-state index in [1.54, 1.807) is 13.2 Å². The molecule has 7 heteroatoms. The number of carbonyl (C=O) groups excluding carboxylic acids is 2. The van der Waals surface area contributed by atoms with E-state index in [4.69, 9.17) is 10.1 Å². The molecule has 2 N–H and O–H groups in total. The van der Waals surface area contributed by atoms with Gasteiger partial charge in [0.05, 0.1) is 37.6 Å². The Morgan fingerprint density at radius 2 is 1.85 bits per heavy atom. The molecular formula is C26H34N3O4+. The highest BCUT2D eigenvalue weighted by Crippen LogP contribution is 2.38. The van der Waals surface area contributed by atoms with E-state index in [9.17, 15) is 14.4 Å². The highest BCUT2D eigenvalue weighted by Gasteiger charge is 2.48. The van der Waals surface area contributed by atoms with E-state index >= 15 is 0 Å². The van der Waals surface area contributed by atoms with E-state index < -0.39 is 16.5 Å². The minimum absolute atomic E-state index is 0.0924. The molecule has 2 heterocycles. The number of amides is 3. The van der Waals surface area contributed by atoms with Gasteiger partial charge in [-0.1, -0.05) is 52.0 Å². The number of urea groups is 1. The number of hydrogen-bond acceptors (Lipinski definition) is 4. The second kappa shape index (κ2) is 9.83. The number of nitrogens with one attached hydrogen (secondary N) is 1. The van der Waals surface area contributed by atoms with Crippen molar-refractivity contribution in [3.63, 3.8) is 0 Å². The van der Waals surface area contributed by atoms with Crippen molar-refractivity contribution < 1.29 is 24.0 Å². The van der Waals surface area contributed by atoms with Gasteiger partial charge in [-0.25, -0.2) is 9.59 Å². The first-order valence-electron chi connectivity index (χ1n) is 11.6. The van der Waals surface area contributed by atoms with Crippen LogP contribution in [0, 0.1) is 5.92 Å². The Bertz CT molecular complexity index is 1080. The van der Waals surface area contributed by atoms with Crippen LogP contribution in [0.25, 0.3) is 11.3 Å². The van der Waals surface area contributed by atoms with Crippen molar-refractivity contribution >= 4 is 23.6 Å². The van der Waals surface area contributed by atoms with Gasteiger partial charge in [0.15, 0.2) is 0 Å². The summed E-state index contributed by atoms with van der Waals surface area (Å²) < 4.78 is -0.496. The highest BCUT2D eigenvalue weighted by molar-refractivity contribution is 6.10. The molecule has 176 valence electrons. The molecular weight excluding hydrogens is 418 g/mol. The Hall–Kier alpha value is -3.06. The number of pyridine rings is 1. The quantitative estimate of drug-likeness (QED) is 0.493. The topological polar surface area (TPSA) is 96.4 Å². The molecule has 1 unspecified atom stereocenters. The third kappa shape index (κ3) is 4.98. The van der Waals surface area contributed by atoms with Gasteiger partial charge in [0.2, 0.25) is 0 Å². The zero-order valence-corrected chi connectivity index (χ0v) is 20.1. The van der Waals surface area contributed by atoms with Crippen LogP contribution in [-0.4, -0.2) is 46.1 Å². The van der Waals surface area contributed by atoms with Crippen molar-refractivity contribution in [2.75, 3.05) is 18.9 Å². The van der Waals surface area contributed by atoms with E-state index in [1.165, 1.54) is 0 Å². The van der Waals surface area contributed by atoms with Gasteiger partial charge in [0.1, 0.15) is 5.56 Å². The highest BCUT2D eigenvalue weighted by atomic mass is 16.4. The molecule has 3 amide bonds. The Labute approximate surface area is 195 Å². The number of carboxylic acids is 1. The molecule has 1 aromatic carbocycles. The van der Waals surface area contributed by atoms with Crippen molar-refractivity contribution in [2.45, 2.75) is 59.3 Å². The lowest BCUT2D eigenvalue weighted by atomic mass is 9.88. The average molecular weight is 453 g/mol. The SMILES string of the molecule is CC(C)CCc1c(-c2ccccc2C(C)C)ncc2c1C(=O)[N+](C)(CCCC(=O)O)C(=O)N2. The first-order valence-corrected chi connectivity index (χ1v) is 11.6. The monoisotopic (exact) mass is 452 g/mol. The standard InChI is InChI=1S/C26H33N3O4/c1-16(2)12-13-20-23-21(15-27-24(20)19-10-7-6-9-18(19)17(3)4)28-26(33)29(5,25(23)32)14-8-11-22(30)31/h6-7,9-10,15-17H,8,11-14H2,1-5H3,(H-,28,30,31,32,33)/p+1. The van der Waals surface area contributed by atoms with Crippen LogP contribution in [0.2, 0.25) is 0 Å². The fourth-order valence-corrected chi connectivity index (χ4v) is 4.34. The van der Waals surface area contributed by atoms with Crippen LogP contribution < -0.4 is 5.32 Å². The number of hydrogen-bond donors (Lipinski definition) is 2. The number of aromatic nitrogens is 1. The number of quaternary nitrogens is 1. The van der Waals surface area contributed by atoms with Crippen molar-refractivity contribution in [3.8, 4) is 11.3 Å². The Morgan fingerprint density at radius 3 is 2.48 bits per heavy atom. The van der Waals surface area contributed by atoms with E-state index in [0.717, 1.165) is 28.8 Å². The molecule has 0 saturated carbocycles. The Balaban J connectivity index is 2.17. The second-order valence-electron chi connectivity index (χ2n) is 9.70. The summed E-state index contributed by atoms with van der Waals surface area (Å²) in [5, 5.41) is 11.9. The maximum atomic E-state index is 13.8. The summed E-state index contributed by atoms with van der Waals surface area (Å²) >= 11 is 0. The number of imide groups is 1. The molecule has 1 aliphatic heterocycles. The van der Waals surface area contributed by atoms with Crippen LogP contribution in [-0.2, 0) is 11.2 Å². The maximum absolute atomic E-state index is 13.8. The summed E-state index contributed by atoms with van der Waals surface area (Å²) in [6, 6.07) is 7.65. The zero-order valence-electron chi connectivity index (χ0n) is 20.1. The Kier molecular flexibility index (Phi) is 7.32. The first kappa shape index (κ1) is 24.6. The van der Waals surface area contributed by atoms with Gasteiger partial charge in [-0.05, 0) is 35.8 Å². The largest absolute Gasteiger partial charge is 0.481 e. The molecule has 0 saturated heterocycles. The number of rotatable bonds is 9. The summed E-state index contributed by atoms with van der Waals surface area (Å²) in [4.78, 5) is 42.5. The number of nitrogens with zero attached hydrogens (tertiary/aromatic N) is 2. The van der Waals surface area contributed by atoms with Gasteiger partial charge in [0, 0.05) is 12.0 Å². The molecule has 1 aliphatic rings. The smallest absolute Gasteiger partial charge is 0.428 e. The zero-order chi connectivity index (χ0) is 24.3. The van der Waals surface area contributed by atoms with Gasteiger partial charge in [-0.15, -0.1) is 0 Å². The van der Waals surface area contributed by atoms with Gasteiger partial charge < -0.3 is 5.11 Å². The van der Waals surface area contributed by atoms with Crippen molar-refractivity contribution in [2.24, 2.45) is 5.92 Å². The molecule has 0 spiro atoms. The lowest BCUT2D eigenvalue weighted by molar-refractivity contribution is -0.743. The number of anilines is 1. The third-order valence-electron chi connectivity index (χ3n) is 6.34. The Morgan fingerprint density at radius 1 is 1.15 bits per heavy atom. The summed E-state index contributed by atoms with van der Waals surface area (Å²) in [6.45, 7) is 8.67. The van der Waals surface area contributed by atoms with E-state index in [2.05, 4.69) is 39.1 Å². The first-order chi connectivity index (χ1) is 15.6. The third-order valence-corrected chi connectivity index (χ3v) is 6.34. The van der Waals surface area contributed by atoms with Crippen molar-refractivity contribution in [1.29, 1.82) is 0 Å². The van der Waals surface area contributed by atoms with Crippen molar-refractivity contribution in [1.82, 2.24) is 4.98 Å². The second-order valence-corrected chi connectivity index (χ2v) is 9.70. The molecule has 1 aromatic heterocycles. The summed E-state index contributed by atoms with van der Waals surface area (Å²) in [5.41, 5.74) is 4.71. The fourth-order valence-electron chi connectivity index (χ4n) is 4.34. The van der Waals surface area contributed by atoms with Crippen LogP contribution in [0.1, 0.15) is 74.4 Å². The maximum Gasteiger partial charge on any atom is 0.428 e. The summed E-state index contributed by atoms with van der Waals surface area (Å²) in [5.74, 6) is -0.534.